The van der Waals surface area contributed by atoms with Crippen LogP contribution in [-0.4, -0.2) is 59.1 Å². The van der Waals surface area contributed by atoms with Gasteiger partial charge in [-0.1, -0.05) is 24.3 Å². The van der Waals surface area contributed by atoms with E-state index in [9.17, 15) is 19.5 Å². The van der Waals surface area contributed by atoms with Crippen molar-refractivity contribution in [3.8, 4) is 0 Å². The Bertz CT molecular complexity index is 725. The van der Waals surface area contributed by atoms with Gasteiger partial charge in [0.05, 0.1) is 12.6 Å². The van der Waals surface area contributed by atoms with Crippen LogP contribution in [0.25, 0.3) is 0 Å². The summed E-state index contributed by atoms with van der Waals surface area (Å²) in [6.07, 6.45) is 2.63. The smallest absolute Gasteiger partial charge is 0.326 e. The third kappa shape index (κ3) is 4.19. The molecule has 0 bridgehead atoms. The van der Waals surface area contributed by atoms with Gasteiger partial charge in [-0.05, 0) is 56.6 Å². The molecule has 152 valence electrons. The molecule has 3 atom stereocenters. The Morgan fingerprint density at radius 2 is 1.89 bits per heavy atom. The maximum atomic E-state index is 12.9. The average molecular weight is 388 g/mol. The highest BCUT2D eigenvalue weighted by atomic mass is 16.5. The van der Waals surface area contributed by atoms with Gasteiger partial charge >= 0.3 is 11.9 Å². The molecule has 7 nitrogen and oxygen atoms in total. The normalized spacial score (nSPS) is 21.2. The molecule has 1 saturated heterocycles. The first-order valence-corrected chi connectivity index (χ1v) is 9.95. The molecular formula is C21H28N2O5. The minimum Gasteiger partial charge on any atom is -0.480 e. The van der Waals surface area contributed by atoms with E-state index in [4.69, 9.17) is 4.74 Å². The highest BCUT2D eigenvalue weighted by molar-refractivity contribution is 5.88. The zero-order valence-corrected chi connectivity index (χ0v) is 16.4. The average Bonchev–Trinajstić information content (AvgIpc) is 3.32. The van der Waals surface area contributed by atoms with Crippen molar-refractivity contribution in [3.05, 3.63) is 35.4 Å². The zero-order valence-electron chi connectivity index (χ0n) is 16.4. The topological polar surface area (TPSA) is 95.9 Å². The summed E-state index contributed by atoms with van der Waals surface area (Å²) in [5.41, 5.74) is 2.43. The van der Waals surface area contributed by atoms with Crippen molar-refractivity contribution >= 4 is 17.8 Å². The fourth-order valence-corrected chi connectivity index (χ4v) is 4.33. The first-order valence-electron chi connectivity index (χ1n) is 9.95. The van der Waals surface area contributed by atoms with Crippen LogP contribution in [0.5, 0.6) is 0 Å². The number of aliphatic carboxylic acids is 1. The lowest BCUT2D eigenvalue weighted by Crippen LogP contribution is -2.55. The maximum Gasteiger partial charge on any atom is 0.326 e. The quantitative estimate of drug-likeness (QED) is 0.686. The maximum absolute atomic E-state index is 12.9. The molecule has 1 aromatic carbocycles. The number of carboxylic acid groups (broad SMARTS) is 1. The number of nitrogens with one attached hydrogen (secondary N) is 1. The largest absolute Gasteiger partial charge is 0.480 e. The lowest BCUT2D eigenvalue weighted by molar-refractivity contribution is -0.151. The molecule has 1 fully saturated rings. The number of rotatable bonds is 7. The summed E-state index contributed by atoms with van der Waals surface area (Å²) in [4.78, 5) is 38.3. The summed E-state index contributed by atoms with van der Waals surface area (Å²) in [5.74, 6) is -1.63. The molecule has 0 spiro atoms. The number of amides is 1. The van der Waals surface area contributed by atoms with E-state index in [1.807, 2.05) is 12.1 Å². The number of hydrogen-bond acceptors (Lipinski definition) is 5. The molecule has 2 N–H and O–H groups in total. The predicted octanol–water partition coefficient (Wildman–Crippen LogP) is 1.39. The van der Waals surface area contributed by atoms with E-state index in [2.05, 4.69) is 17.4 Å². The van der Waals surface area contributed by atoms with Crippen LogP contribution in [0.15, 0.2) is 24.3 Å². The molecule has 7 heteroatoms. The number of nitrogens with zero attached hydrogens (tertiary/aromatic N) is 1. The minimum absolute atomic E-state index is 0.000508. The third-order valence-corrected chi connectivity index (χ3v) is 5.72. The number of benzene rings is 1. The molecule has 1 aromatic rings. The van der Waals surface area contributed by atoms with Crippen molar-refractivity contribution in [3.63, 3.8) is 0 Å². The van der Waals surface area contributed by atoms with Gasteiger partial charge in [0.25, 0.3) is 0 Å². The molecule has 1 aliphatic heterocycles. The second kappa shape index (κ2) is 8.73. The predicted molar refractivity (Wildman–Crippen MR) is 103 cm³/mol. The number of fused-ring (bicyclic) bond motifs is 1. The van der Waals surface area contributed by atoms with Gasteiger partial charge in [-0.25, -0.2) is 4.79 Å². The van der Waals surface area contributed by atoms with Crippen LogP contribution < -0.4 is 5.32 Å². The summed E-state index contributed by atoms with van der Waals surface area (Å²) in [6.45, 7) is 4.15. The van der Waals surface area contributed by atoms with Gasteiger partial charge in [0.15, 0.2) is 0 Å². The molecule has 1 heterocycles. The molecule has 1 aliphatic carbocycles. The van der Waals surface area contributed by atoms with E-state index >= 15 is 0 Å². The van der Waals surface area contributed by atoms with E-state index in [0.29, 0.717) is 19.4 Å². The summed E-state index contributed by atoms with van der Waals surface area (Å²) in [6, 6.07) is 6.03. The van der Waals surface area contributed by atoms with Gasteiger partial charge in [0, 0.05) is 6.54 Å². The molecule has 0 saturated carbocycles. The first kappa shape index (κ1) is 20.3. The van der Waals surface area contributed by atoms with Gasteiger partial charge in [0.2, 0.25) is 5.91 Å². The van der Waals surface area contributed by atoms with Gasteiger partial charge in [0.1, 0.15) is 12.1 Å². The van der Waals surface area contributed by atoms with E-state index in [1.165, 1.54) is 16.0 Å². The number of carbonyl (C=O) groups is 3. The Hall–Kier alpha value is -2.41. The van der Waals surface area contributed by atoms with Crippen LogP contribution in [0.3, 0.4) is 0 Å². The van der Waals surface area contributed by atoms with Gasteiger partial charge in [-0.3, -0.25) is 14.9 Å². The lowest BCUT2D eigenvalue weighted by Gasteiger charge is -2.30. The van der Waals surface area contributed by atoms with Crippen LogP contribution in [0, 0.1) is 5.92 Å². The fourth-order valence-electron chi connectivity index (χ4n) is 4.33. The monoisotopic (exact) mass is 388 g/mol. The zero-order chi connectivity index (χ0) is 20.3. The van der Waals surface area contributed by atoms with E-state index < -0.39 is 24.1 Å². The highest BCUT2D eigenvalue weighted by Crippen LogP contribution is 2.29. The minimum atomic E-state index is -0.980. The Morgan fingerprint density at radius 3 is 2.46 bits per heavy atom. The van der Waals surface area contributed by atoms with Crippen LogP contribution in [-0.2, 0) is 32.0 Å². The third-order valence-electron chi connectivity index (χ3n) is 5.72. The van der Waals surface area contributed by atoms with E-state index in [-0.39, 0.29) is 24.4 Å². The van der Waals surface area contributed by atoms with Crippen molar-refractivity contribution < 1.29 is 24.2 Å². The van der Waals surface area contributed by atoms with Crippen LogP contribution in [0.2, 0.25) is 0 Å². The Kier molecular flexibility index (Phi) is 6.34. The highest BCUT2D eigenvalue weighted by Gasteiger charge is 2.39. The Morgan fingerprint density at radius 1 is 1.25 bits per heavy atom. The van der Waals surface area contributed by atoms with E-state index in [0.717, 1.165) is 12.8 Å². The molecule has 28 heavy (non-hydrogen) atoms. The second-order valence-corrected chi connectivity index (χ2v) is 7.58. The summed E-state index contributed by atoms with van der Waals surface area (Å²) in [5, 5.41) is 12.5. The van der Waals surface area contributed by atoms with Gasteiger partial charge in [-0.2, -0.15) is 0 Å². The van der Waals surface area contributed by atoms with Crippen LogP contribution >= 0.6 is 0 Å². The van der Waals surface area contributed by atoms with Gasteiger partial charge in [-0.15, -0.1) is 0 Å². The SMILES string of the molecule is CCOC(=O)[C@@H](N[C@@H](C)C(=O)N1CCC[C@H]1C(=O)O)C1Cc2ccccc2C1. The Balaban J connectivity index is 1.72. The molecule has 2 aliphatic rings. The number of likely N-dealkylation sites (tertiary alicyclic amines) is 1. The Labute approximate surface area is 165 Å². The van der Waals surface area contributed by atoms with Crippen LogP contribution in [0.4, 0.5) is 0 Å². The standard InChI is InChI=1S/C21H28N2O5/c1-3-28-21(27)18(16-11-14-7-4-5-8-15(14)12-16)22-13(2)19(24)23-10-6-9-17(23)20(25)26/h4-5,7-8,13,16-18,22H,3,6,9-12H2,1-2H3,(H,25,26)/t13-,17-,18-/m0/s1. The molecule has 0 aromatic heterocycles. The number of hydrogen-bond donors (Lipinski definition) is 2. The number of carboxylic acids is 1. The molecule has 0 unspecified atom stereocenters. The molecule has 0 radical (unpaired) electrons. The van der Waals surface area contributed by atoms with Crippen molar-refractivity contribution in [1.29, 1.82) is 0 Å². The number of esters is 1. The molecule has 3 rings (SSSR count). The summed E-state index contributed by atoms with van der Waals surface area (Å²) >= 11 is 0. The summed E-state index contributed by atoms with van der Waals surface area (Å²) < 4.78 is 5.26. The molecular weight excluding hydrogens is 360 g/mol. The van der Waals surface area contributed by atoms with Crippen molar-refractivity contribution in [1.82, 2.24) is 10.2 Å². The van der Waals surface area contributed by atoms with Crippen molar-refractivity contribution in [2.45, 2.75) is 57.7 Å². The fraction of sp³-hybridized carbons (Fsp3) is 0.571. The van der Waals surface area contributed by atoms with E-state index in [1.54, 1.807) is 13.8 Å². The number of carbonyl (C=O) groups excluding carboxylic acids is 2. The first-order chi connectivity index (χ1) is 13.4. The molecule has 1 amide bonds. The van der Waals surface area contributed by atoms with Crippen LogP contribution in [0.1, 0.15) is 37.8 Å². The second-order valence-electron chi connectivity index (χ2n) is 7.58. The van der Waals surface area contributed by atoms with Crippen molar-refractivity contribution in [2.24, 2.45) is 5.92 Å². The van der Waals surface area contributed by atoms with Crippen molar-refractivity contribution in [2.75, 3.05) is 13.2 Å². The number of ether oxygens (including phenoxy) is 1. The lowest BCUT2D eigenvalue weighted by atomic mass is 9.95. The van der Waals surface area contributed by atoms with Gasteiger partial charge < -0.3 is 14.7 Å². The summed E-state index contributed by atoms with van der Waals surface area (Å²) in [7, 11) is 0.